The van der Waals surface area contributed by atoms with Gasteiger partial charge in [0.25, 0.3) is 5.69 Å². The maximum Gasteiger partial charge on any atom is 0.277 e. The molecule has 0 aliphatic heterocycles. The van der Waals surface area contributed by atoms with E-state index in [1.165, 1.54) is 0 Å². The van der Waals surface area contributed by atoms with Crippen molar-refractivity contribution in [2.75, 3.05) is 0 Å². The van der Waals surface area contributed by atoms with E-state index in [1.54, 1.807) is 12.3 Å². The minimum absolute atomic E-state index is 0.113. The predicted octanol–water partition coefficient (Wildman–Crippen LogP) is 6.71. The van der Waals surface area contributed by atoms with E-state index < -0.39 is 0 Å². The second-order valence-corrected chi connectivity index (χ2v) is 7.57. The quantitative estimate of drug-likeness (QED) is 0.145. The second-order valence-electron chi connectivity index (χ2n) is 7.57. The van der Waals surface area contributed by atoms with Crippen LogP contribution in [0.2, 0.25) is 0 Å². The lowest BCUT2D eigenvalue weighted by Crippen LogP contribution is -2.10. The maximum atomic E-state index is 12.3. The Morgan fingerprint density at radius 2 is 1.56 bits per heavy atom. The molecule has 4 nitrogen and oxygen atoms in total. The van der Waals surface area contributed by atoms with E-state index >= 15 is 0 Å². The first-order chi connectivity index (χ1) is 15.6. The Kier molecular flexibility index (Phi) is 6.22. The number of benzene rings is 3. The molecule has 3 aromatic carbocycles. The normalized spacial score (nSPS) is 10.8. The monoisotopic (exact) mass is 419 g/mol. The van der Waals surface area contributed by atoms with Crippen molar-refractivity contribution in [2.24, 2.45) is 0 Å². The number of nitro groups is 1. The zero-order chi connectivity index (χ0) is 22.5. The molecule has 157 valence electrons. The highest BCUT2D eigenvalue weighted by Gasteiger charge is 2.29. The van der Waals surface area contributed by atoms with Crippen LogP contribution in [0.15, 0.2) is 104 Å². The van der Waals surface area contributed by atoms with Gasteiger partial charge in [0.15, 0.2) is 0 Å². The lowest BCUT2D eigenvalue weighted by Gasteiger charge is -2.20. The van der Waals surface area contributed by atoms with Crippen LogP contribution in [0.4, 0.5) is 5.69 Å². The Morgan fingerprint density at radius 1 is 0.938 bits per heavy atom. The van der Waals surface area contributed by atoms with E-state index in [1.807, 2.05) is 91.9 Å². The van der Waals surface area contributed by atoms with Crippen LogP contribution < -0.4 is 0 Å². The van der Waals surface area contributed by atoms with Crippen LogP contribution in [0.25, 0.3) is 11.1 Å². The Morgan fingerprint density at radius 3 is 2.09 bits per heavy atom. The Balaban J connectivity index is 2.05. The van der Waals surface area contributed by atoms with Crippen molar-refractivity contribution in [3.05, 3.63) is 148 Å². The van der Waals surface area contributed by atoms with Crippen LogP contribution in [0.5, 0.6) is 0 Å². The van der Waals surface area contributed by atoms with Crippen LogP contribution in [0.3, 0.4) is 0 Å². The molecule has 0 unspecified atom stereocenters. The van der Waals surface area contributed by atoms with Crippen LogP contribution in [0.1, 0.15) is 27.9 Å². The number of allylic oxidation sites excluding steroid dienone is 1. The van der Waals surface area contributed by atoms with Gasteiger partial charge in [0, 0.05) is 23.0 Å². The zero-order valence-electron chi connectivity index (χ0n) is 17.9. The van der Waals surface area contributed by atoms with Gasteiger partial charge in [-0.05, 0) is 59.9 Å². The highest BCUT2D eigenvalue weighted by molar-refractivity contribution is 5.74. The Bertz CT molecular complexity index is 1210. The Labute approximate surface area is 188 Å². The molecule has 0 N–H and O–H groups in total. The summed E-state index contributed by atoms with van der Waals surface area (Å²) in [7, 11) is 0. The van der Waals surface area contributed by atoms with Gasteiger partial charge < -0.3 is 0 Å². The summed E-state index contributed by atoms with van der Waals surface area (Å²) < 4.78 is 0. The van der Waals surface area contributed by atoms with Gasteiger partial charge >= 0.3 is 0 Å². The smallest absolute Gasteiger partial charge is 0.262 e. The highest BCUT2D eigenvalue weighted by atomic mass is 16.6. The lowest BCUT2D eigenvalue weighted by molar-refractivity contribution is -0.386. The summed E-state index contributed by atoms with van der Waals surface area (Å²) in [6.07, 6.45) is 3.87. The first-order valence-electron chi connectivity index (χ1n) is 10.4. The highest BCUT2D eigenvalue weighted by Crippen LogP contribution is 2.41. The van der Waals surface area contributed by atoms with Crippen molar-refractivity contribution >= 4 is 5.69 Å². The molecule has 0 aliphatic rings. The number of nitrogens with zero attached hydrogens (tertiary/aromatic N) is 2. The molecule has 1 heterocycles. The molecule has 0 bridgehead atoms. The van der Waals surface area contributed by atoms with Crippen molar-refractivity contribution in [3.8, 4) is 11.1 Å². The third kappa shape index (κ3) is 4.35. The van der Waals surface area contributed by atoms with Gasteiger partial charge in [-0.2, -0.15) is 0 Å². The topological polar surface area (TPSA) is 56.0 Å². The number of rotatable bonds is 7. The molecule has 0 fully saturated rings. The molecular weight excluding hydrogens is 396 g/mol. The summed E-state index contributed by atoms with van der Waals surface area (Å²) in [6.45, 7) is 5.76. The number of hydrogen-bond donors (Lipinski definition) is 0. The average Bonchev–Trinajstić information content (AvgIpc) is 2.80. The first-order valence-corrected chi connectivity index (χ1v) is 10.4. The minimum Gasteiger partial charge on any atom is -0.262 e. The van der Waals surface area contributed by atoms with Crippen molar-refractivity contribution in [1.82, 2.24) is 4.98 Å². The number of aryl methyl sites for hydroxylation is 1. The van der Waals surface area contributed by atoms with Crippen molar-refractivity contribution in [3.63, 3.8) is 0 Å². The molecular formula is C28H23N2O2. The van der Waals surface area contributed by atoms with Crippen molar-refractivity contribution in [1.29, 1.82) is 0 Å². The third-order valence-electron chi connectivity index (χ3n) is 5.36. The van der Waals surface area contributed by atoms with Crippen LogP contribution in [0, 0.1) is 23.0 Å². The van der Waals surface area contributed by atoms with Crippen molar-refractivity contribution in [2.45, 2.75) is 13.3 Å². The third-order valence-corrected chi connectivity index (χ3v) is 5.36. The van der Waals surface area contributed by atoms with Gasteiger partial charge in [0.2, 0.25) is 0 Å². The van der Waals surface area contributed by atoms with Gasteiger partial charge in [0.1, 0.15) is 0 Å². The molecule has 4 rings (SSSR count). The molecule has 0 atom stereocenters. The molecule has 0 spiro atoms. The molecule has 32 heavy (non-hydrogen) atoms. The van der Waals surface area contributed by atoms with Gasteiger partial charge in [-0.1, -0.05) is 66.7 Å². The van der Waals surface area contributed by atoms with E-state index in [9.17, 15) is 10.1 Å². The number of pyridine rings is 1. The fourth-order valence-corrected chi connectivity index (χ4v) is 3.99. The molecule has 0 saturated carbocycles. The molecule has 0 saturated heterocycles. The average molecular weight is 420 g/mol. The van der Waals surface area contributed by atoms with Gasteiger partial charge in [0.05, 0.1) is 10.8 Å². The molecule has 1 radical (unpaired) electrons. The molecule has 0 amide bonds. The summed E-state index contributed by atoms with van der Waals surface area (Å²) in [5.74, 6) is 0.829. The van der Waals surface area contributed by atoms with E-state index in [2.05, 4.69) is 11.6 Å². The van der Waals surface area contributed by atoms with E-state index in [4.69, 9.17) is 0 Å². The molecule has 4 heteroatoms. The van der Waals surface area contributed by atoms with E-state index in [0.29, 0.717) is 17.5 Å². The first kappa shape index (κ1) is 21.2. The predicted molar refractivity (Wildman–Crippen MR) is 128 cm³/mol. The van der Waals surface area contributed by atoms with E-state index in [0.717, 1.165) is 33.9 Å². The summed E-state index contributed by atoms with van der Waals surface area (Å²) in [5, 5.41) is 12.3. The number of aromatic nitrogens is 1. The number of hydrogen-bond acceptors (Lipinski definition) is 3. The van der Waals surface area contributed by atoms with Gasteiger partial charge in [-0.15, -0.1) is 6.58 Å². The Hall–Kier alpha value is -4.05. The summed E-state index contributed by atoms with van der Waals surface area (Å²) in [6, 6.07) is 27.4. The number of nitro benzene ring substituents is 1. The zero-order valence-corrected chi connectivity index (χ0v) is 17.9. The molecule has 4 aromatic rings. The summed E-state index contributed by atoms with van der Waals surface area (Å²) in [5.41, 5.74) is 5.97. The van der Waals surface area contributed by atoms with Crippen LogP contribution in [-0.4, -0.2) is 9.91 Å². The van der Waals surface area contributed by atoms with E-state index in [-0.39, 0.29) is 10.6 Å². The second kappa shape index (κ2) is 9.40. The SMILES string of the molecule is C=CCc1cc(-c2ccnc(C)c2)cc([C](c2ccccc2)c2ccccc2)c1[N+](=O)[O-]. The largest absolute Gasteiger partial charge is 0.277 e. The molecule has 0 aliphatic carbocycles. The standard InChI is InChI=1S/C28H23N2O2/c1-3-10-24-18-25(23-15-16-29-20(2)17-23)19-26(28(24)30(31)32)27(21-11-6-4-7-12-21)22-13-8-5-9-14-22/h3-9,11-19H,1,10H2,2H3. The maximum absolute atomic E-state index is 12.3. The van der Waals surface area contributed by atoms with Crippen molar-refractivity contribution < 1.29 is 4.92 Å². The van der Waals surface area contributed by atoms with Gasteiger partial charge in [-0.3, -0.25) is 15.1 Å². The van der Waals surface area contributed by atoms with Gasteiger partial charge in [-0.25, -0.2) is 0 Å². The fourth-order valence-electron chi connectivity index (χ4n) is 3.99. The summed E-state index contributed by atoms with van der Waals surface area (Å²) in [4.78, 5) is 16.4. The fraction of sp³-hybridized carbons (Fsp3) is 0.0714. The van der Waals surface area contributed by atoms with Crippen LogP contribution >= 0.6 is 0 Å². The molecule has 1 aromatic heterocycles. The minimum atomic E-state index is -0.276. The summed E-state index contributed by atoms with van der Waals surface area (Å²) >= 11 is 0. The van der Waals surface area contributed by atoms with Crippen LogP contribution in [-0.2, 0) is 6.42 Å². The lowest BCUT2D eigenvalue weighted by atomic mass is 9.81.